The second kappa shape index (κ2) is 22.3. The molecule has 3 N–H and O–H groups in total. The molecule has 0 unspecified atom stereocenters. The molecule has 16 heteroatoms. The first kappa shape index (κ1) is 48.9. The third-order valence-electron chi connectivity index (χ3n) is 12.4. The molecule has 13 nitrogen and oxygen atoms in total. The number of ether oxygens (including phenoxy) is 3. The highest BCUT2D eigenvalue weighted by Crippen LogP contribution is 2.47. The van der Waals surface area contributed by atoms with E-state index in [0.29, 0.717) is 56.5 Å². The van der Waals surface area contributed by atoms with Gasteiger partial charge in [-0.3, -0.25) is 24.2 Å². The molecule has 2 saturated heterocycles. The second-order valence-electron chi connectivity index (χ2n) is 18.3. The number of phenols is 1. The minimum Gasteiger partial charge on any atom is -0.508 e. The van der Waals surface area contributed by atoms with E-state index in [0.717, 1.165) is 86.4 Å². The van der Waals surface area contributed by atoms with Crippen LogP contribution in [-0.4, -0.2) is 120 Å². The maximum absolute atomic E-state index is 14.0. The first-order valence-corrected chi connectivity index (χ1v) is 25.2. The van der Waals surface area contributed by atoms with Crippen LogP contribution in [0.15, 0.2) is 96.5 Å². The number of nitrogens with zero attached hydrogens (tertiary/aromatic N) is 4. The quantitative estimate of drug-likeness (QED) is 0.0714. The number of rotatable bonds is 18. The number of aromatic hydroxyl groups is 1. The van der Waals surface area contributed by atoms with Crippen LogP contribution < -0.4 is 20.1 Å². The minimum atomic E-state index is -0.815. The van der Waals surface area contributed by atoms with E-state index in [4.69, 9.17) is 25.8 Å². The lowest BCUT2D eigenvalue weighted by Gasteiger charge is -2.35. The molecule has 2 aliphatic rings. The first-order chi connectivity index (χ1) is 32.8. The molecule has 4 heterocycles. The number of thiophene rings is 1. The summed E-state index contributed by atoms with van der Waals surface area (Å²) in [6, 6.07) is 27.2. The van der Waals surface area contributed by atoms with Crippen molar-refractivity contribution in [2.45, 2.75) is 59.2 Å². The number of benzene rings is 4. The molecule has 68 heavy (non-hydrogen) atoms. The SMILES string of the molecule is Cc1ncsc1-c1ccc(CNC(=O)[C@@H]2CCCN2C(=O)[C@@H](NC(=O)COCCN2CCN(CCOc3ccc(Oc4c(-c5ccc(Cl)cc5)sc5cc(O)ccc45)cc3)CC2)C(C)(C)C)cc1. The monoisotopic (exact) mass is 978 g/mol. The average molecular weight is 980 g/mol. The Balaban J connectivity index is 0.726. The topological polar surface area (TPSA) is 146 Å². The molecule has 0 aliphatic carbocycles. The van der Waals surface area contributed by atoms with E-state index in [1.165, 1.54) is 0 Å². The number of phenolic OH excluding ortho intramolecular Hbond substituents is 1. The summed E-state index contributed by atoms with van der Waals surface area (Å²) in [5.74, 6) is 1.56. The van der Waals surface area contributed by atoms with Crippen molar-refractivity contribution >= 4 is 62.1 Å². The Kier molecular flexibility index (Phi) is 16.0. The number of thiazole rings is 1. The van der Waals surface area contributed by atoms with Crippen LogP contribution >= 0.6 is 34.3 Å². The van der Waals surface area contributed by atoms with E-state index in [1.807, 2.05) is 112 Å². The molecular formula is C52H59ClN6O7S2. The minimum absolute atomic E-state index is 0.156. The molecule has 2 atom stereocenters. The van der Waals surface area contributed by atoms with Crippen molar-refractivity contribution in [3.05, 3.63) is 113 Å². The summed E-state index contributed by atoms with van der Waals surface area (Å²) in [5.41, 5.74) is 5.28. The van der Waals surface area contributed by atoms with Gasteiger partial charge in [0.2, 0.25) is 17.7 Å². The molecule has 0 spiro atoms. The summed E-state index contributed by atoms with van der Waals surface area (Å²) in [7, 11) is 0. The van der Waals surface area contributed by atoms with Gasteiger partial charge in [-0.25, -0.2) is 4.98 Å². The molecular weight excluding hydrogens is 920 g/mol. The lowest BCUT2D eigenvalue weighted by molar-refractivity contribution is -0.144. The number of likely N-dealkylation sites (tertiary alicyclic amines) is 1. The standard InChI is InChI=1S/C52H59ClN6O7S2/c1-34-47(67-33-55-34)36-9-7-35(8-10-36)31-54-50(62)43-6-5-21-59(43)51(63)49(52(2,3)4)56-45(61)32-64-28-26-57-22-24-58(25-23-57)27-29-65-40-16-18-41(19-17-40)66-46-42-20-15-39(60)30-44(42)68-48(46)37-11-13-38(53)14-12-37/h7-20,30,33,43,49,60H,5-6,21-29,31-32H2,1-4H3,(H,54,62)(H,56,61)/t43-,49+/m0/s1. The van der Waals surface area contributed by atoms with Crippen LogP contribution in [0.4, 0.5) is 0 Å². The van der Waals surface area contributed by atoms with Crippen LogP contribution in [0.5, 0.6) is 23.0 Å². The zero-order chi connectivity index (χ0) is 47.8. The molecule has 6 aromatic rings. The predicted molar refractivity (Wildman–Crippen MR) is 270 cm³/mol. The van der Waals surface area contributed by atoms with Gasteiger partial charge >= 0.3 is 0 Å². The van der Waals surface area contributed by atoms with E-state index in [1.54, 1.807) is 39.7 Å². The number of aromatic nitrogens is 1. The molecule has 0 radical (unpaired) electrons. The van der Waals surface area contributed by atoms with E-state index in [9.17, 15) is 19.5 Å². The molecule has 358 valence electrons. The lowest BCUT2D eigenvalue weighted by Crippen LogP contribution is -2.58. The van der Waals surface area contributed by atoms with Gasteiger partial charge in [0.05, 0.1) is 27.6 Å². The lowest BCUT2D eigenvalue weighted by atomic mass is 9.85. The highest BCUT2D eigenvalue weighted by molar-refractivity contribution is 7.22. The molecule has 4 aromatic carbocycles. The van der Waals surface area contributed by atoms with Crippen molar-refractivity contribution in [3.63, 3.8) is 0 Å². The summed E-state index contributed by atoms with van der Waals surface area (Å²) in [4.78, 5) is 53.4. The Hall–Kier alpha value is -5.55. The van der Waals surface area contributed by atoms with Crippen molar-refractivity contribution in [2.75, 3.05) is 65.6 Å². The summed E-state index contributed by atoms with van der Waals surface area (Å²) in [6.07, 6.45) is 1.28. The van der Waals surface area contributed by atoms with Gasteiger partial charge in [-0.15, -0.1) is 22.7 Å². The highest BCUT2D eigenvalue weighted by Gasteiger charge is 2.42. The molecule has 2 aliphatic heterocycles. The number of hydrogen-bond donors (Lipinski definition) is 3. The Morgan fingerprint density at radius 3 is 2.19 bits per heavy atom. The Bertz CT molecular complexity index is 2660. The number of carbonyl (C=O) groups is 3. The number of nitrogens with one attached hydrogen (secondary N) is 2. The summed E-state index contributed by atoms with van der Waals surface area (Å²) >= 11 is 9.32. The Morgan fingerprint density at radius 2 is 1.51 bits per heavy atom. The molecule has 3 amide bonds. The number of halogens is 1. The summed E-state index contributed by atoms with van der Waals surface area (Å²) < 4.78 is 19.3. The summed E-state index contributed by atoms with van der Waals surface area (Å²) in [5, 5.41) is 17.7. The molecule has 0 bridgehead atoms. The van der Waals surface area contributed by atoms with E-state index >= 15 is 0 Å². The van der Waals surface area contributed by atoms with Gasteiger partial charge in [0, 0.05) is 67.5 Å². The molecule has 0 saturated carbocycles. The number of piperazine rings is 1. The van der Waals surface area contributed by atoms with E-state index < -0.39 is 17.5 Å². The van der Waals surface area contributed by atoms with Crippen molar-refractivity contribution < 1.29 is 33.7 Å². The number of hydrogen-bond acceptors (Lipinski definition) is 12. The third-order valence-corrected chi connectivity index (χ3v) is 14.8. The predicted octanol–water partition coefficient (Wildman–Crippen LogP) is 9.00. The van der Waals surface area contributed by atoms with Crippen molar-refractivity contribution in [1.82, 2.24) is 30.3 Å². The van der Waals surface area contributed by atoms with Crippen LogP contribution in [-0.2, 0) is 25.7 Å². The molecule has 2 fully saturated rings. The van der Waals surface area contributed by atoms with Crippen LogP contribution in [0.25, 0.3) is 31.0 Å². The fraction of sp³-hybridized carbons (Fsp3) is 0.385. The van der Waals surface area contributed by atoms with Crippen LogP contribution in [0.2, 0.25) is 5.02 Å². The van der Waals surface area contributed by atoms with Crippen molar-refractivity contribution in [2.24, 2.45) is 5.41 Å². The van der Waals surface area contributed by atoms with Crippen LogP contribution in [0.1, 0.15) is 44.9 Å². The maximum atomic E-state index is 14.0. The van der Waals surface area contributed by atoms with Crippen molar-refractivity contribution in [1.29, 1.82) is 0 Å². The fourth-order valence-corrected chi connectivity index (χ4v) is 10.6. The maximum Gasteiger partial charge on any atom is 0.246 e. The van der Waals surface area contributed by atoms with Gasteiger partial charge in [0.15, 0.2) is 5.75 Å². The number of carbonyl (C=O) groups excluding carboxylic acids is 3. The first-order valence-electron chi connectivity index (χ1n) is 23.1. The van der Waals surface area contributed by atoms with Gasteiger partial charge in [0.25, 0.3) is 0 Å². The van der Waals surface area contributed by atoms with E-state index in [-0.39, 0.29) is 30.1 Å². The summed E-state index contributed by atoms with van der Waals surface area (Å²) in [6.45, 7) is 14.4. The Labute approximate surface area is 411 Å². The molecule has 2 aromatic heterocycles. The van der Waals surface area contributed by atoms with Gasteiger partial charge in [-0.2, -0.15) is 0 Å². The van der Waals surface area contributed by atoms with Crippen LogP contribution in [0.3, 0.4) is 0 Å². The third kappa shape index (κ3) is 12.4. The second-order valence-corrected chi connectivity index (χ2v) is 20.7. The van der Waals surface area contributed by atoms with Gasteiger partial charge in [-0.05, 0) is 96.5 Å². The van der Waals surface area contributed by atoms with Crippen molar-refractivity contribution in [3.8, 4) is 43.9 Å². The molecule has 8 rings (SSSR count). The highest BCUT2D eigenvalue weighted by atomic mass is 35.5. The number of aryl methyl sites for hydroxylation is 1. The van der Waals surface area contributed by atoms with Gasteiger partial charge < -0.3 is 34.9 Å². The number of amides is 3. The zero-order valence-corrected chi connectivity index (χ0v) is 41.4. The number of fused-ring (bicyclic) bond motifs is 1. The van der Waals surface area contributed by atoms with Gasteiger partial charge in [-0.1, -0.05) is 68.8 Å². The fourth-order valence-electron chi connectivity index (χ4n) is 8.54. The average Bonchev–Trinajstić information content (AvgIpc) is 4.09. The normalized spacial score (nSPS) is 16.2. The largest absolute Gasteiger partial charge is 0.508 e. The van der Waals surface area contributed by atoms with Crippen LogP contribution in [0, 0.1) is 12.3 Å². The smallest absolute Gasteiger partial charge is 0.246 e. The Morgan fingerprint density at radius 1 is 0.853 bits per heavy atom. The van der Waals surface area contributed by atoms with Gasteiger partial charge in [0.1, 0.15) is 42.5 Å². The zero-order valence-electron chi connectivity index (χ0n) is 39.0. The van der Waals surface area contributed by atoms with E-state index in [2.05, 4.69) is 25.4 Å².